The maximum atomic E-state index is 2.44. The van der Waals surface area contributed by atoms with Crippen LogP contribution in [0.4, 0.5) is 0 Å². The van der Waals surface area contributed by atoms with Gasteiger partial charge in [-0.25, -0.2) is 0 Å². The van der Waals surface area contributed by atoms with E-state index >= 15 is 0 Å². The fourth-order valence-electron chi connectivity index (χ4n) is 2.62. The molecule has 1 aromatic rings. The van der Waals surface area contributed by atoms with Gasteiger partial charge in [-0.2, -0.15) is 0 Å². The number of rotatable bonds is 13. The molecule has 2 heteroatoms. The molecule has 0 fully saturated rings. The van der Waals surface area contributed by atoms with Gasteiger partial charge in [0, 0.05) is 15.2 Å². The molecule has 1 rings (SSSR count). The molecular weight excluding hydrogens is 292 g/mol. The van der Waals surface area contributed by atoms with Gasteiger partial charge in [0.05, 0.1) is 0 Å². The van der Waals surface area contributed by atoms with E-state index in [9.17, 15) is 0 Å². The Hall–Kier alpha value is 0.0500. The van der Waals surface area contributed by atoms with Crippen molar-refractivity contribution < 1.29 is 0 Å². The fourth-order valence-corrected chi connectivity index (χ4v) is 5.08. The molecule has 21 heavy (non-hydrogen) atoms. The van der Waals surface area contributed by atoms with Gasteiger partial charge in [0.25, 0.3) is 0 Å². The molecule has 0 bridgehead atoms. The van der Waals surface area contributed by atoms with Crippen molar-refractivity contribution in [2.45, 2.75) is 96.3 Å². The van der Waals surface area contributed by atoms with Crippen LogP contribution in [0.15, 0.2) is 10.3 Å². The minimum atomic E-state index is 1.31. The van der Waals surface area contributed by atoms with Crippen molar-refractivity contribution in [3.8, 4) is 0 Å². The monoisotopic (exact) mass is 326 g/mol. The fraction of sp³-hybridized carbons (Fsp3) is 0.789. The highest BCUT2D eigenvalue weighted by Gasteiger charge is 2.11. The van der Waals surface area contributed by atoms with Crippen molar-refractivity contribution >= 4 is 23.1 Å². The van der Waals surface area contributed by atoms with Gasteiger partial charge in [-0.05, 0) is 43.4 Å². The second-order valence-electron chi connectivity index (χ2n) is 5.97. The normalized spacial score (nSPS) is 11.2. The number of thiophene rings is 1. The zero-order chi connectivity index (χ0) is 15.3. The average molecular weight is 327 g/mol. The molecule has 1 aromatic heterocycles. The molecule has 0 aliphatic rings. The molecule has 0 saturated heterocycles. The van der Waals surface area contributed by atoms with Gasteiger partial charge in [0.2, 0.25) is 0 Å². The molecule has 0 unspecified atom stereocenters. The van der Waals surface area contributed by atoms with E-state index < -0.39 is 0 Å². The maximum Gasteiger partial charge on any atom is 0.0214 e. The topological polar surface area (TPSA) is 0 Å². The summed E-state index contributed by atoms with van der Waals surface area (Å²) in [7, 11) is 0. The summed E-state index contributed by atoms with van der Waals surface area (Å²) in [5.74, 6) is 1.31. The minimum absolute atomic E-state index is 1.31. The number of hydrogen-bond acceptors (Lipinski definition) is 2. The Balaban J connectivity index is 2.57. The van der Waals surface area contributed by atoms with Crippen molar-refractivity contribution in [1.82, 2.24) is 0 Å². The van der Waals surface area contributed by atoms with Crippen LogP contribution in [0.2, 0.25) is 0 Å². The lowest BCUT2D eigenvalue weighted by atomic mass is 10.1. The molecule has 0 atom stereocenters. The van der Waals surface area contributed by atoms with Crippen molar-refractivity contribution in [3.63, 3.8) is 0 Å². The first-order valence-corrected chi connectivity index (χ1v) is 10.9. The molecule has 0 radical (unpaired) electrons. The average Bonchev–Trinajstić information content (AvgIpc) is 2.87. The Kier molecular flexibility index (Phi) is 11.4. The SMILES string of the molecule is CCCCCSc1csc(CCCCC)c1CCCCC. The van der Waals surface area contributed by atoms with E-state index in [4.69, 9.17) is 0 Å². The number of hydrogen-bond donors (Lipinski definition) is 0. The first kappa shape index (κ1) is 19.1. The molecule has 0 aliphatic heterocycles. The molecule has 0 nitrogen and oxygen atoms in total. The van der Waals surface area contributed by atoms with Crippen LogP contribution < -0.4 is 0 Å². The van der Waals surface area contributed by atoms with Gasteiger partial charge in [-0.15, -0.1) is 23.1 Å². The summed E-state index contributed by atoms with van der Waals surface area (Å²) < 4.78 is 0. The van der Waals surface area contributed by atoms with Crippen LogP contribution in [0.3, 0.4) is 0 Å². The Bertz CT molecular complexity index is 354. The van der Waals surface area contributed by atoms with Crippen LogP contribution >= 0.6 is 23.1 Å². The quantitative estimate of drug-likeness (QED) is 0.267. The lowest BCUT2D eigenvalue weighted by Gasteiger charge is -2.08. The van der Waals surface area contributed by atoms with Gasteiger partial charge >= 0.3 is 0 Å². The maximum absolute atomic E-state index is 2.44. The summed E-state index contributed by atoms with van der Waals surface area (Å²) in [5, 5.41) is 2.44. The summed E-state index contributed by atoms with van der Waals surface area (Å²) in [6.45, 7) is 6.89. The Morgan fingerprint density at radius 2 is 1.43 bits per heavy atom. The van der Waals surface area contributed by atoms with Gasteiger partial charge in [0.1, 0.15) is 0 Å². The molecule has 0 saturated carbocycles. The lowest BCUT2D eigenvalue weighted by molar-refractivity contribution is 0.695. The predicted molar refractivity (Wildman–Crippen MR) is 101 cm³/mol. The third kappa shape index (κ3) is 7.74. The van der Waals surface area contributed by atoms with Crippen molar-refractivity contribution in [1.29, 1.82) is 0 Å². The highest BCUT2D eigenvalue weighted by atomic mass is 32.2. The van der Waals surface area contributed by atoms with Gasteiger partial charge in [-0.1, -0.05) is 59.3 Å². The Labute approximate surface area is 141 Å². The molecule has 0 spiro atoms. The summed E-state index contributed by atoms with van der Waals surface area (Å²) in [5.41, 5.74) is 1.71. The first-order valence-electron chi connectivity index (χ1n) is 9.05. The van der Waals surface area contributed by atoms with Crippen LogP contribution in [-0.4, -0.2) is 5.75 Å². The summed E-state index contributed by atoms with van der Waals surface area (Å²) in [6.07, 6.45) is 14.9. The highest BCUT2D eigenvalue weighted by molar-refractivity contribution is 7.99. The number of unbranched alkanes of at least 4 members (excludes halogenated alkanes) is 6. The number of thioether (sulfide) groups is 1. The molecule has 0 N–H and O–H groups in total. The molecule has 122 valence electrons. The van der Waals surface area contributed by atoms with E-state index in [1.54, 1.807) is 15.3 Å². The van der Waals surface area contributed by atoms with E-state index in [2.05, 4.69) is 37.9 Å². The molecule has 0 aliphatic carbocycles. The zero-order valence-electron chi connectivity index (χ0n) is 14.4. The van der Waals surface area contributed by atoms with Crippen LogP contribution in [0.5, 0.6) is 0 Å². The molecular formula is C19H34S2. The second kappa shape index (κ2) is 12.6. The van der Waals surface area contributed by atoms with E-state index in [0.717, 1.165) is 0 Å². The molecule has 0 aromatic carbocycles. The van der Waals surface area contributed by atoms with Crippen LogP contribution in [-0.2, 0) is 12.8 Å². The van der Waals surface area contributed by atoms with Gasteiger partial charge in [-0.3, -0.25) is 0 Å². The van der Waals surface area contributed by atoms with Crippen molar-refractivity contribution in [2.24, 2.45) is 0 Å². The molecule has 0 amide bonds. The van der Waals surface area contributed by atoms with Crippen LogP contribution in [0.25, 0.3) is 0 Å². The summed E-state index contributed by atoms with van der Waals surface area (Å²) in [4.78, 5) is 3.30. The Morgan fingerprint density at radius 3 is 2.10 bits per heavy atom. The largest absolute Gasteiger partial charge is 0.147 e. The van der Waals surface area contributed by atoms with E-state index in [-0.39, 0.29) is 0 Å². The Morgan fingerprint density at radius 1 is 0.810 bits per heavy atom. The van der Waals surface area contributed by atoms with Crippen molar-refractivity contribution in [3.05, 3.63) is 15.8 Å². The smallest absolute Gasteiger partial charge is 0.0214 e. The number of aryl methyl sites for hydroxylation is 1. The first-order chi connectivity index (χ1) is 10.3. The predicted octanol–water partition coefficient (Wildman–Crippen LogP) is 7.50. The third-order valence-corrected chi connectivity index (χ3v) is 6.39. The van der Waals surface area contributed by atoms with E-state index in [1.165, 1.54) is 76.4 Å². The lowest BCUT2D eigenvalue weighted by Crippen LogP contribution is -1.93. The van der Waals surface area contributed by atoms with Crippen LogP contribution in [0.1, 0.15) is 89.0 Å². The van der Waals surface area contributed by atoms with Gasteiger partial charge in [0.15, 0.2) is 0 Å². The summed E-state index contributed by atoms with van der Waals surface area (Å²) in [6, 6.07) is 0. The molecule has 1 heterocycles. The van der Waals surface area contributed by atoms with E-state index in [1.807, 2.05) is 11.3 Å². The van der Waals surface area contributed by atoms with Gasteiger partial charge < -0.3 is 0 Å². The van der Waals surface area contributed by atoms with E-state index in [0.29, 0.717) is 0 Å². The zero-order valence-corrected chi connectivity index (χ0v) is 16.0. The summed E-state index contributed by atoms with van der Waals surface area (Å²) >= 11 is 4.14. The minimum Gasteiger partial charge on any atom is -0.147 e. The van der Waals surface area contributed by atoms with Crippen molar-refractivity contribution in [2.75, 3.05) is 5.75 Å². The third-order valence-electron chi connectivity index (χ3n) is 3.99. The highest BCUT2D eigenvalue weighted by Crippen LogP contribution is 2.34. The standard InChI is InChI=1S/C19H34S2/c1-4-7-10-13-17-18(14-11-8-5-2)21-16-19(17)20-15-12-9-6-3/h16H,4-15H2,1-3H3. The second-order valence-corrected chi connectivity index (χ2v) is 8.07. The van der Waals surface area contributed by atoms with Crippen LogP contribution in [0, 0.1) is 0 Å².